The van der Waals surface area contributed by atoms with Gasteiger partial charge in [-0.15, -0.1) is 0 Å². The van der Waals surface area contributed by atoms with E-state index in [2.05, 4.69) is 6.92 Å². The van der Waals surface area contributed by atoms with E-state index in [1.807, 2.05) is 0 Å². The van der Waals surface area contributed by atoms with E-state index in [1.165, 1.54) is 18.6 Å². The molecule has 104 valence electrons. The van der Waals surface area contributed by atoms with Gasteiger partial charge in [0.25, 0.3) is 0 Å². The normalized spacial score (nSPS) is 23.2. The molecule has 0 amide bonds. The third-order valence-corrected chi connectivity index (χ3v) is 3.90. The van der Waals surface area contributed by atoms with Gasteiger partial charge in [-0.25, -0.2) is 4.39 Å². The fourth-order valence-electron chi connectivity index (χ4n) is 2.76. The minimum atomic E-state index is -1.79. The molecule has 0 aliphatic heterocycles. The van der Waals surface area contributed by atoms with Gasteiger partial charge >= 0.3 is 7.12 Å². The lowest BCUT2D eigenvalue weighted by Crippen LogP contribution is -2.33. The Labute approximate surface area is 113 Å². The average Bonchev–Trinajstić information content (AvgIpc) is 2.39. The van der Waals surface area contributed by atoms with Crippen molar-refractivity contribution in [3.8, 4) is 5.75 Å². The number of ether oxygens (including phenoxy) is 1. The summed E-state index contributed by atoms with van der Waals surface area (Å²) >= 11 is 0. The van der Waals surface area contributed by atoms with E-state index in [-0.39, 0.29) is 11.6 Å². The predicted octanol–water partition coefficient (Wildman–Crippen LogP) is 1.85. The highest BCUT2D eigenvalue weighted by molar-refractivity contribution is 6.58. The minimum absolute atomic E-state index is 0.122. The molecule has 1 saturated carbocycles. The first-order valence-corrected chi connectivity index (χ1v) is 6.94. The predicted molar refractivity (Wildman–Crippen MR) is 72.9 cm³/mol. The summed E-state index contributed by atoms with van der Waals surface area (Å²) in [6.07, 6.45) is 5.77. The summed E-state index contributed by atoms with van der Waals surface area (Å²) in [4.78, 5) is 0. The molecule has 1 fully saturated rings. The Hall–Kier alpha value is -1.07. The van der Waals surface area contributed by atoms with E-state index in [0.29, 0.717) is 11.7 Å². The van der Waals surface area contributed by atoms with Crippen LogP contribution in [0.3, 0.4) is 0 Å². The van der Waals surface area contributed by atoms with E-state index >= 15 is 0 Å². The van der Waals surface area contributed by atoms with Crippen molar-refractivity contribution in [2.24, 2.45) is 5.92 Å². The highest BCUT2D eigenvalue weighted by Gasteiger charge is 2.26. The molecule has 1 aliphatic carbocycles. The van der Waals surface area contributed by atoms with E-state index in [9.17, 15) is 4.39 Å². The summed E-state index contributed by atoms with van der Waals surface area (Å²) in [6.45, 7) is 2.15. The Morgan fingerprint density at radius 2 is 2.05 bits per heavy atom. The second-order valence-electron chi connectivity index (χ2n) is 5.17. The van der Waals surface area contributed by atoms with Crippen LogP contribution in [0.25, 0.3) is 0 Å². The minimum Gasteiger partial charge on any atom is -0.490 e. The Bertz CT molecular complexity index is 425. The van der Waals surface area contributed by atoms with E-state index in [1.54, 1.807) is 6.07 Å². The van der Waals surface area contributed by atoms with Gasteiger partial charge in [0.2, 0.25) is 0 Å². The maximum Gasteiger partial charge on any atom is 0.491 e. The van der Waals surface area contributed by atoms with Gasteiger partial charge in [-0.05, 0) is 37.7 Å². The van der Waals surface area contributed by atoms with Crippen molar-refractivity contribution in [2.75, 3.05) is 0 Å². The lowest BCUT2D eigenvalue weighted by atomic mass is 9.80. The summed E-state index contributed by atoms with van der Waals surface area (Å²) in [5, 5.41) is 17.9. The molecule has 3 nitrogen and oxygen atoms in total. The van der Waals surface area contributed by atoms with Gasteiger partial charge in [0.1, 0.15) is 17.7 Å². The smallest absolute Gasteiger partial charge is 0.490 e. The quantitative estimate of drug-likeness (QED) is 0.818. The largest absolute Gasteiger partial charge is 0.491 e. The zero-order valence-corrected chi connectivity index (χ0v) is 11.2. The molecule has 1 aromatic rings. The summed E-state index contributed by atoms with van der Waals surface area (Å²) in [7, 11) is -1.79. The Morgan fingerprint density at radius 1 is 1.32 bits per heavy atom. The van der Waals surface area contributed by atoms with Crippen molar-refractivity contribution in [2.45, 2.75) is 45.1 Å². The second-order valence-corrected chi connectivity index (χ2v) is 5.17. The zero-order valence-electron chi connectivity index (χ0n) is 11.2. The van der Waals surface area contributed by atoms with Gasteiger partial charge in [-0.2, -0.15) is 0 Å². The summed E-state index contributed by atoms with van der Waals surface area (Å²) < 4.78 is 19.5. The van der Waals surface area contributed by atoms with Crippen LogP contribution in [-0.4, -0.2) is 23.3 Å². The van der Waals surface area contributed by atoms with Crippen LogP contribution in [0, 0.1) is 11.7 Å². The molecule has 1 aliphatic rings. The van der Waals surface area contributed by atoms with Crippen LogP contribution in [0.2, 0.25) is 0 Å². The van der Waals surface area contributed by atoms with E-state index in [0.717, 1.165) is 25.7 Å². The standard InChI is InChI=1S/C14H20BFO3/c1-2-10-5-3-4-6-14(10)19-11-7-8-12(15(17)18)13(16)9-11/h7-10,14,17-18H,2-6H2,1H3. The highest BCUT2D eigenvalue weighted by atomic mass is 19.1. The van der Waals surface area contributed by atoms with E-state index < -0.39 is 12.9 Å². The van der Waals surface area contributed by atoms with Crippen molar-refractivity contribution in [3.63, 3.8) is 0 Å². The fraction of sp³-hybridized carbons (Fsp3) is 0.571. The number of rotatable bonds is 4. The average molecular weight is 266 g/mol. The highest BCUT2D eigenvalue weighted by Crippen LogP contribution is 2.30. The molecule has 1 aromatic carbocycles. The van der Waals surface area contributed by atoms with Crippen molar-refractivity contribution >= 4 is 12.6 Å². The first kappa shape index (κ1) is 14.3. The number of benzene rings is 1. The number of halogens is 1. The molecule has 0 bridgehead atoms. The van der Waals surface area contributed by atoms with Gasteiger partial charge in [-0.1, -0.05) is 19.4 Å². The Kier molecular flexibility index (Phi) is 4.83. The molecular formula is C14H20BFO3. The Balaban J connectivity index is 2.08. The summed E-state index contributed by atoms with van der Waals surface area (Å²) in [5.74, 6) is 0.350. The van der Waals surface area contributed by atoms with Gasteiger partial charge in [0, 0.05) is 11.5 Å². The molecule has 0 spiro atoms. The molecule has 2 unspecified atom stereocenters. The zero-order chi connectivity index (χ0) is 13.8. The molecule has 5 heteroatoms. The summed E-state index contributed by atoms with van der Waals surface area (Å²) in [5.41, 5.74) is -0.122. The van der Waals surface area contributed by atoms with Gasteiger partial charge in [0.15, 0.2) is 0 Å². The van der Waals surface area contributed by atoms with Crippen LogP contribution >= 0.6 is 0 Å². The van der Waals surface area contributed by atoms with Crippen LogP contribution < -0.4 is 10.2 Å². The molecule has 0 aromatic heterocycles. The molecule has 2 rings (SSSR count). The first-order chi connectivity index (χ1) is 9.11. The third-order valence-electron chi connectivity index (χ3n) is 3.90. The molecule has 2 N–H and O–H groups in total. The number of hydrogen-bond acceptors (Lipinski definition) is 3. The molecule has 0 saturated heterocycles. The van der Waals surface area contributed by atoms with Gasteiger partial charge in [0.05, 0.1) is 0 Å². The van der Waals surface area contributed by atoms with E-state index in [4.69, 9.17) is 14.8 Å². The maximum absolute atomic E-state index is 13.6. The molecule has 0 heterocycles. The van der Waals surface area contributed by atoms with Crippen molar-refractivity contribution < 1.29 is 19.2 Å². The number of hydrogen-bond donors (Lipinski definition) is 2. The second kappa shape index (κ2) is 6.39. The SMILES string of the molecule is CCC1CCCCC1Oc1ccc(B(O)O)c(F)c1. The third kappa shape index (κ3) is 3.48. The molecular weight excluding hydrogens is 246 g/mol. The summed E-state index contributed by atoms with van der Waals surface area (Å²) in [6, 6.07) is 4.19. The van der Waals surface area contributed by atoms with Crippen LogP contribution in [-0.2, 0) is 0 Å². The topological polar surface area (TPSA) is 49.7 Å². The van der Waals surface area contributed by atoms with Crippen LogP contribution in [0.5, 0.6) is 5.75 Å². The van der Waals surface area contributed by atoms with Crippen LogP contribution in [0.15, 0.2) is 18.2 Å². The Morgan fingerprint density at radius 3 is 2.68 bits per heavy atom. The van der Waals surface area contributed by atoms with Gasteiger partial charge in [-0.3, -0.25) is 0 Å². The molecule has 0 radical (unpaired) electrons. The molecule has 2 atom stereocenters. The lowest BCUT2D eigenvalue weighted by molar-refractivity contribution is 0.0901. The first-order valence-electron chi connectivity index (χ1n) is 6.94. The van der Waals surface area contributed by atoms with Crippen molar-refractivity contribution in [3.05, 3.63) is 24.0 Å². The van der Waals surface area contributed by atoms with Gasteiger partial charge < -0.3 is 14.8 Å². The van der Waals surface area contributed by atoms with Crippen molar-refractivity contribution in [1.82, 2.24) is 0 Å². The monoisotopic (exact) mass is 266 g/mol. The maximum atomic E-state index is 13.6. The lowest BCUT2D eigenvalue weighted by Gasteiger charge is -2.31. The fourth-order valence-corrected chi connectivity index (χ4v) is 2.76. The van der Waals surface area contributed by atoms with Crippen LogP contribution in [0.1, 0.15) is 39.0 Å². The van der Waals surface area contributed by atoms with Crippen LogP contribution in [0.4, 0.5) is 4.39 Å². The van der Waals surface area contributed by atoms with Crippen molar-refractivity contribution in [1.29, 1.82) is 0 Å². The molecule has 19 heavy (non-hydrogen) atoms.